The Morgan fingerprint density at radius 3 is 1.21 bits per heavy atom. The van der Waals surface area contributed by atoms with Gasteiger partial charge < -0.3 is 48.8 Å². The minimum absolute atomic E-state index is 0.0273. The van der Waals surface area contributed by atoms with Crippen molar-refractivity contribution in [3.05, 3.63) is 0 Å². The Morgan fingerprint density at radius 2 is 0.952 bits per heavy atom. The molecule has 0 aromatic rings. The van der Waals surface area contributed by atoms with Crippen molar-refractivity contribution in [3.63, 3.8) is 0 Å². The first-order valence-electron chi connectivity index (χ1n) is 13.3. The molecule has 1 saturated heterocycles. The van der Waals surface area contributed by atoms with Gasteiger partial charge in [0.25, 0.3) is 0 Å². The van der Waals surface area contributed by atoms with Crippen molar-refractivity contribution < 1.29 is 77.6 Å². The summed E-state index contributed by atoms with van der Waals surface area (Å²) >= 11 is 0. The summed E-state index contributed by atoms with van der Waals surface area (Å²) in [5, 5.41) is 34.1. The maximum atomic E-state index is 11.6. The fourth-order valence-electron chi connectivity index (χ4n) is 2.29. The molecular formula is C26H44O16. The maximum Gasteiger partial charge on any atom is 0.347 e. The van der Waals surface area contributed by atoms with Crippen LogP contribution in [-0.2, 0) is 57.2 Å². The van der Waals surface area contributed by atoms with E-state index in [-0.39, 0.29) is 26.4 Å². The third-order valence-electron chi connectivity index (χ3n) is 4.78. The van der Waals surface area contributed by atoms with Crippen LogP contribution in [-0.4, -0.2) is 119 Å². The molecule has 244 valence electrons. The van der Waals surface area contributed by atoms with Crippen LogP contribution in [0.25, 0.3) is 0 Å². The smallest absolute Gasteiger partial charge is 0.347 e. The zero-order valence-corrected chi connectivity index (χ0v) is 24.8. The third-order valence-corrected chi connectivity index (χ3v) is 4.78. The lowest BCUT2D eigenvalue weighted by atomic mass is 10.3. The molecule has 1 heterocycles. The van der Waals surface area contributed by atoms with E-state index in [0.717, 1.165) is 12.8 Å². The van der Waals surface area contributed by atoms with Gasteiger partial charge in [0.15, 0.2) is 24.4 Å². The Bertz CT molecular complexity index is 772. The number of hydrogen-bond acceptors (Lipinski definition) is 16. The van der Waals surface area contributed by atoms with E-state index in [1.807, 2.05) is 0 Å². The molecule has 0 amide bonds. The fraction of sp³-hybridized carbons (Fsp3) is 0.769. The SMILES string of the molecule is CC(O)C(=O)OC(C)C(=O)OCCCCOC(=O)C(C)OC(=O)C(C)O.CC1OC(=O)C(C)OC1=O.OCCCCO. The molecule has 1 rings (SSSR count). The van der Waals surface area contributed by atoms with E-state index >= 15 is 0 Å². The Kier molecular flexibility index (Phi) is 22.6. The Balaban J connectivity index is 0. The number of aliphatic hydroxyl groups is 4. The molecule has 6 atom stereocenters. The summed E-state index contributed by atoms with van der Waals surface area (Å²) in [7, 11) is 0. The molecule has 1 aliphatic rings. The van der Waals surface area contributed by atoms with E-state index in [2.05, 4.69) is 18.9 Å². The van der Waals surface area contributed by atoms with E-state index < -0.39 is 72.4 Å². The lowest BCUT2D eigenvalue weighted by Crippen LogP contribution is -2.40. The topological polar surface area (TPSA) is 239 Å². The molecule has 1 fully saturated rings. The Hall–Kier alpha value is -3.34. The molecule has 0 radical (unpaired) electrons. The van der Waals surface area contributed by atoms with Gasteiger partial charge in [-0.05, 0) is 67.2 Å². The molecule has 1 aliphatic heterocycles. The van der Waals surface area contributed by atoms with Crippen molar-refractivity contribution in [2.45, 2.75) is 104 Å². The third kappa shape index (κ3) is 19.7. The van der Waals surface area contributed by atoms with Gasteiger partial charge in [-0.3, -0.25) is 0 Å². The minimum atomic E-state index is -1.33. The normalized spacial score (nSPS) is 18.5. The monoisotopic (exact) mass is 612 g/mol. The molecule has 0 aliphatic carbocycles. The number of aliphatic hydroxyl groups excluding tert-OH is 4. The second kappa shape index (κ2) is 23.2. The van der Waals surface area contributed by atoms with Crippen molar-refractivity contribution in [2.75, 3.05) is 26.4 Å². The van der Waals surface area contributed by atoms with Crippen LogP contribution in [0.3, 0.4) is 0 Å². The predicted molar refractivity (Wildman–Crippen MR) is 140 cm³/mol. The van der Waals surface area contributed by atoms with Crippen LogP contribution < -0.4 is 0 Å². The molecule has 0 saturated carbocycles. The van der Waals surface area contributed by atoms with Crippen molar-refractivity contribution in [2.24, 2.45) is 0 Å². The number of carbonyl (C=O) groups is 6. The molecule has 0 aromatic carbocycles. The minimum Gasteiger partial charge on any atom is -0.463 e. The van der Waals surface area contributed by atoms with Gasteiger partial charge in [-0.1, -0.05) is 0 Å². The van der Waals surface area contributed by atoms with Crippen molar-refractivity contribution in [1.82, 2.24) is 0 Å². The lowest BCUT2D eigenvalue weighted by Gasteiger charge is -2.22. The van der Waals surface area contributed by atoms with E-state index in [9.17, 15) is 28.8 Å². The van der Waals surface area contributed by atoms with Gasteiger partial charge in [0.2, 0.25) is 0 Å². The second-order valence-electron chi connectivity index (χ2n) is 8.86. The number of rotatable bonds is 14. The Labute approximate surface area is 244 Å². The Morgan fingerprint density at radius 1 is 0.643 bits per heavy atom. The number of carbonyl (C=O) groups excluding carboxylic acids is 6. The van der Waals surface area contributed by atoms with E-state index in [1.54, 1.807) is 0 Å². The van der Waals surface area contributed by atoms with Crippen LogP contribution >= 0.6 is 0 Å². The van der Waals surface area contributed by atoms with Gasteiger partial charge in [0.05, 0.1) is 13.2 Å². The van der Waals surface area contributed by atoms with Crippen LogP contribution in [0, 0.1) is 0 Å². The van der Waals surface area contributed by atoms with Crippen LogP contribution in [0.15, 0.2) is 0 Å². The molecule has 16 nitrogen and oxygen atoms in total. The first-order chi connectivity index (χ1) is 19.6. The molecular weight excluding hydrogens is 568 g/mol. The summed E-state index contributed by atoms with van der Waals surface area (Å²) in [4.78, 5) is 66.7. The summed E-state index contributed by atoms with van der Waals surface area (Å²) < 4.78 is 28.3. The molecule has 0 spiro atoms. The largest absolute Gasteiger partial charge is 0.463 e. The summed E-state index contributed by atoms with van der Waals surface area (Å²) in [6, 6.07) is 0. The number of esters is 6. The van der Waals surface area contributed by atoms with Gasteiger partial charge in [0.1, 0.15) is 12.2 Å². The zero-order chi connectivity index (χ0) is 32.8. The number of unbranched alkanes of at least 4 members (excludes halogenated alkanes) is 2. The van der Waals surface area contributed by atoms with E-state index in [0.29, 0.717) is 12.8 Å². The average molecular weight is 613 g/mol. The highest BCUT2D eigenvalue weighted by Crippen LogP contribution is 2.08. The summed E-state index contributed by atoms with van der Waals surface area (Å²) in [5.41, 5.74) is 0. The number of hydrogen-bond donors (Lipinski definition) is 4. The lowest BCUT2D eigenvalue weighted by molar-refractivity contribution is -0.191. The fourth-order valence-corrected chi connectivity index (χ4v) is 2.29. The van der Waals surface area contributed by atoms with Gasteiger partial charge >= 0.3 is 35.8 Å². The molecule has 0 aromatic heterocycles. The van der Waals surface area contributed by atoms with Gasteiger partial charge in [-0.25, -0.2) is 28.8 Å². The molecule has 6 unspecified atom stereocenters. The van der Waals surface area contributed by atoms with Gasteiger partial charge in [-0.2, -0.15) is 0 Å². The second-order valence-corrected chi connectivity index (χ2v) is 8.86. The van der Waals surface area contributed by atoms with Gasteiger partial charge in [-0.15, -0.1) is 0 Å². The molecule has 0 bridgehead atoms. The first-order valence-corrected chi connectivity index (χ1v) is 13.3. The number of ether oxygens (including phenoxy) is 6. The summed E-state index contributed by atoms with van der Waals surface area (Å²) in [6.45, 7) is 8.47. The quantitative estimate of drug-likeness (QED) is 0.105. The van der Waals surface area contributed by atoms with Crippen LogP contribution in [0.2, 0.25) is 0 Å². The van der Waals surface area contributed by atoms with Crippen LogP contribution in [0.4, 0.5) is 0 Å². The van der Waals surface area contributed by atoms with Crippen molar-refractivity contribution in [1.29, 1.82) is 0 Å². The standard InChI is InChI=1S/C16H26O10.C6H8O4.C4H10O2/c1-9(17)13(19)25-11(3)15(21)23-7-5-6-8-24-16(22)12(4)26-14(20)10(2)18;1-3-5(7)10-4(2)6(8)9-3;5-3-1-2-4-6/h9-12,17-18H,5-8H2,1-4H3;3-4H,1-2H3;5-6H,1-4H2. The highest BCUT2D eigenvalue weighted by molar-refractivity contribution is 5.86. The highest BCUT2D eigenvalue weighted by atomic mass is 16.6. The predicted octanol–water partition coefficient (Wildman–Crippen LogP) is -0.907. The summed E-state index contributed by atoms with van der Waals surface area (Å²) in [5.74, 6) is -4.32. The molecule has 16 heteroatoms. The highest BCUT2D eigenvalue weighted by Gasteiger charge is 2.32. The maximum absolute atomic E-state index is 11.6. The van der Waals surface area contributed by atoms with E-state index in [1.165, 1.54) is 41.5 Å². The molecule has 42 heavy (non-hydrogen) atoms. The number of cyclic esters (lactones) is 2. The van der Waals surface area contributed by atoms with Gasteiger partial charge in [0, 0.05) is 13.2 Å². The zero-order valence-electron chi connectivity index (χ0n) is 24.8. The van der Waals surface area contributed by atoms with Crippen molar-refractivity contribution in [3.8, 4) is 0 Å². The summed E-state index contributed by atoms with van der Waals surface area (Å²) in [6.07, 6.45) is -4.22. The van der Waals surface area contributed by atoms with E-state index in [4.69, 9.17) is 29.9 Å². The van der Waals surface area contributed by atoms with Crippen molar-refractivity contribution >= 4 is 35.8 Å². The first kappa shape index (κ1) is 40.8. The van der Waals surface area contributed by atoms with Crippen LogP contribution in [0.1, 0.15) is 67.2 Å². The van der Waals surface area contributed by atoms with Crippen LogP contribution in [0.5, 0.6) is 0 Å². The molecule has 4 N–H and O–H groups in total. The average Bonchev–Trinajstić information content (AvgIpc) is 2.92.